The molecule has 0 aliphatic heterocycles. The minimum Gasteiger partial charge on any atom is -0.317 e. The van der Waals surface area contributed by atoms with Gasteiger partial charge in [0.25, 0.3) is 0 Å². The van der Waals surface area contributed by atoms with E-state index in [1.165, 1.54) is 17.5 Å². The van der Waals surface area contributed by atoms with Crippen molar-refractivity contribution in [3.8, 4) is 0 Å². The summed E-state index contributed by atoms with van der Waals surface area (Å²) in [4.78, 5) is 0. The van der Waals surface area contributed by atoms with Crippen molar-refractivity contribution < 1.29 is 0 Å². The fourth-order valence-corrected chi connectivity index (χ4v) is 3.04. The van der Waals surface area contributed by atoms with Gasteiger partial charge in [-0.1, -0.05) is 35.0 Å². The molecular weight excluding hydrogens is 326 g/mol. The van der Waals surface area contributed by atoms with Crippen LogP contribution in [-0.4, -0.2) is 22.9 Å². The average Bonchev–Trinajstić information content (AvgIpc) is 2.87. The van der Waals surface area contributed by atoms with Crippen molar-refractivity contribution in [3.63, 3.8) is 0 Å². The Morgan fingerprint density at radius 1 is 1.33 bits per heavy atom. The molecule has 0 fully saturated rings. The molecule has 1 N–H and O–H groups in total. The maximum absolute atomic E-state index is 4.25. The Kier molecular flexibility index (Phi) is 6.46. The third-order valence-corrected chi connectivity index (χ3v) is 4.19. The molecule has 1 atom stereocenters. The third kappa shape index (κ3) is 5.64. The smallest absolute Gasteiger partial charge is 0.0521 e. The van der Waals surface area contributed by atoms with E-state index in [1.54, 1.807) is 0 Å². The summed E-state index contributed by atoms with van der Waals surface area (Å²) in [6.07, 6.45) is 7.49. The Bertz CT molecular complexity index is 550. The van der Waals surface area contributed by atoms with Crippen LogP contribution < -0.4 is 5.32 Å². The lowest BCUT2D eigenvalue weighted by Gasteiger charge is -2.17. The second-order valence-corrected chi connectivity index (χ2v) is 6.48. The Hall–Kier alpha value is -1.13. The first-order chi connectivity index (χ1) is 10.2. The van der Waals surface area contributed by atoms with E-state index in [0.717, 1.165) is 30.4 Å². The van der Waals surface area contributed by atoms with Gasteiger partial charge in [-0.15, -0.1) is 0 Å². The number of nitrogens with one attached hydrogen (secondary N) is 1. The first-order valence-corrected chi connectivity index (χ1v) is 8.39. The summed E-state index contributed by atoms with van der Waals surface area (Å²) in [5, 5.41) is 7.74. The lowest BCUT2D eigenvalue weighted by Crippen LogP contribution is -2.24. The van der Waals surface area contributed by atoms with Gasteiger partial charge in [-0.05, 0) is 61.5 Å². The van der Waals surface area contributed by atoms with Crippen molar-refractivity contribution in [2.75, 3.05) is 13.1 Å². The zero-order valence-electron chi connectivity index (χ0n) is 12.8. The number of hydrogen-bond donors (Lipinski definition) is 1. The van der Waals surface area contributed by atoms with E-state index in [4.69, 9.17) is 0 Å². The summed E-state index contributed by atoms with van der Waals surface area (Å²) < 4.78 is 3.04. The predicted octanol–water partition coefficient (Wildman–Crippen LogP) is 3.58. The van der Waals surface area contributed by atoms with E-state index in [9.17, 15) is 0 Å². The Morgan fingerprint density at radius 2 is 2.19 bits per heavy atom. The zero-order valence-corrected chi connectivity index (χ0v) is 14.4. The van der Waals surface area contributed by atoms with E-state index in [1.807, 2.05) is 17.9 Å². The fraction of sp³-hybridized carbons (Fsp3) is 0.471. The fourth-order valence-electron chi connectivity index (χ4n) is 2.59. The van der Waals surface area contributed by atoms with Crippen LogP contribution in [0.1, 0.15) is 24.5 Å². The second kappa shape index (κ2) is 8.35. The molecule has 0 bridgehead atoms. The highest BCUT2D eigenvalue weighted by molar-refractivity contribution is 9.10. The summed E-state index contributed by atoms with van der Waals surface area (Å²) >= 11 is 3.56. The van der Waals surface area contributed by atoms with Crippen molar-refractivity contribution in [2.45, 2.75) is 26.2 Å². The van der Waals surface area contributed by atoms with Gasteiger partial charge in [0.05, 0.1) is 6.20 Å². The normalized spacial score (nSPS) is 12.5. The van der Waals surface area contributed by atoms with Gasteiger partial charge in [0, 0.05) is 17.7 Å². The van der Waals surface area contributed by atoms with Gasteiger partial charge in [-0.2, -0.15) is 5.10 Å². The van der Waals surface area contributed by atoms with E-state index in [-0.39, 0.29) is 0 Å². The summed E-state index contributed by atoms with van der Waals surface area (Å²) in [7, 11) is 1.97. The molecule has 1 unspecified atom stereocenters. The molecule has 0 saturated carbocycles. The Morgan fingerprint density at radius 3 is 2.86 bits per heavy atom. The van der Waals surface area contributed by atoms with E-state index in [2.05, 4.69) is 63.7 Å². The standard InChI is InChI=1S/C17H24BrN3/c1-3-19-11-15(7-8-16-12-20-21(2)13-16)9-14-5-4-6-17(18)10-14/h4-6,10,12-13,15,19H,3,7-9,11H2,1-2H3. The number of rotatable bonds is 8. The monoisotopic (exact) mass is 349 g/mol. The minimum absolute atomic E-state index is 0.652. The number of nitrogens with zero attached hydrogens (tertiary/aromatic N) is 2. The highest BCUT2D eigenvalue weighted by Gasteiger charge is 2.11. The summed E-state index contributed by atoms with van der Waals surface area (Å²) in [6, 6.07) is 8.64. The molecule has 1 aromatic carbocycles. The molecule has 21 heavy (non-hydrogen) atoms. The van der Waals surface area contributed by atoms with Gasteiger partial charge in [0.15, 0.2) is 0 Å². The number of halogens is 1. The van der Waals surface area contributed by atoms with Crippen LogP contribution in [0.2, 0.25) is 0 Å². The van der Waals surface area contributed by atoms with Gasteiger partial charge >= 0.3 is 0 Å². The number of hydrogen-bond acceptors (Lipinski definition) is 2. The van der Waals surface area contributed by atoms with Crippen LogP contribution in [0.3, 0.4) is 0 Å². The van der Waals surface area contributed by atoms with E-state index < -0.39 is 0 Å². The summed E-state index contributed by atoms with van der Waals surface area (Å²) in [5.74, 6) is 0.652. The largest absolute Gasteiger partial charge is 0.317 e. The van der Waals surface area contributed by atoms with Crippen molar-refractivity contribution in [1.29, 1.82) is 0 Å². The maximum Gasteiger partial charge on any atom is 0.0521 e. The molecule has 0 aliphatic carbocycles. The molecule has 2 aromatic rings. The molecule has 0 amide bonds. The van der Waals surface area contributed by atoms with Gasteiger partial charge in [0.2, 0.25) is 0 Å². The first kappa shape index (κ1) is 16.2. The average molecular weight is 350 g/mol. The van der Waals surface area contributed by atoms with Gasteiger partial charge in [-0.25, -0.2) is 0 Å². The van der Waals surface area contributed by atoms with E-state index in [0.29, 0.717) is 5.92 Å². The van der Waals surface area contributed by atoms with Crippen molar-refractivity contribution in [1.82, 2.24) is 15.1 Å². The molecule has 0 saturated heterocycles. The molecule has 2 rings (SSSR count). The molecule has 4 heteroatoms. The highest BCUT2D eigenvalue weighted by Crippen LogP contribution is 2.18. The van der Waals surface area contributed by atoms with Crippen LogP contribution in [0.5, 0.6) is 0 Å². The number of benzene rings is 1. The predicted molar refractivity (Wildman–Crippen MR) is 91.4 cm³/mol. The molecule has 0 aliphatic rings. The Balaban J connectivity index is 1.93. The van der Waals surface area contributed by atoms with Gasteiger partial charge in [-0.3, -0.25) is 4.68 Å². The molecule has 114 valence electrons. The minimum atomic E-state index is 0.652. The van der Waals surface area contributed by atoms with Crippen molar-refractivity contribution in [2.24, 2.45) is 13.0 Å². The van der Waals surface area contributed by atoms with Gasteiger partial charge < -0.3 is 5.32 Å². The maximum atomic E-state index is 4.25. The van der Waals surface area contributed by atoms with Crippen LogP contribution in [0.15, 0.2) is 41.1 Å². The lowest BCUT2D eigenvalue weighted by molar-refractivity contribution is 0.449. The topological polar surface area (TPSA) is 29.9 Å². The van der Waals surface area contributed by atoms with Crippen LogP contribution in [0, 0.1) is 5.92 Å². The van der Waals surface area contributed by atoms with Crippen molar-refractivity contribution in [3.05, 3.63) is 52.3 Å². The number of aromatic nitrogens is 2. The van der Waals surface area contributed by atoms with Crippen LogP contribution in [0.25, 0.3) is 0 Å². The van der Waals surface area contributed by atoms with Gasteiger partial charge in [0.1, 0.15) is 0 Å². The second-order valence-electron chi connectivity index (χ2n) is 5.57. The van der Waals surface area contributed by atoms with Crippen molar-refractivity contribution >= 4 is 15.9 Å². The molecule has 3 nitrogen and oxygen atoms in total. The summed E-state index contributed by atoms with van der Waals surface area (Å²) in [5.41, 5.74) is 2.73. The highest BCUT2D eigenvalue weighted by atomic mass is 79.9. The molecule has 1 aromatic heterocycles. The molecule has 1 heterocycles. The first-order valence-electron chi connectivity index (χ1n) is 7.60. The SMILES string of the molecule is CCNCC(CCc1cnn(C)c1)Cc1cccc(Br)c1. The lowest BCUT2D eigenvalue weighted by atomic mass is 9.93. The van der Waals surface area contributed by atoms with E-state index >= 15 is 0 Å². The zero-order chi connectivity index (χ0) is 15.1. The molecular formula is C17H24BrN3. The van der Waals surface area contributed by atoms with Crippen LogP contribution in [0.4, 0.5) is 0 Å². The molecule has 0 radical (unpaired) electrons. The third-order valence-electron chi connectivity index (χ3n) is 3.70. The molecule has 0 spiro atoms. The van der Waals surface area contributed by atoms with Crippen LogP contribution in [-0.2, 0) is 19.9 Å². The summed E-state index contributed by atoms with van der Waals surface area (Å²) in [6.45, 7) is 4.27. The number of aryl methyl sites for hydroxylation is 2. The Labute approximate surface area is 135 Å². The van der Waals surface area contributed by atoms with Crippen LogP contribution >= 0.6 is 15.9 Å². The quantitative estimate of drug-likeness (QED) is 0.789.